The summed E-state index contributed by atoms with van der Waals surface area (Å²) in [7, 11) is -3.51. The van der Waals surface area contributed by atoms with Crippen molar-refractivity contribution < 1.29 is 17.6 Å². The minimum Gasteiger partial charge on any atom is -0.342 e. The maximum atomic E-state index is 13.7. The van der Waals surface area contributed by atoms with Crippen LogP contribution in [0, 0.1) is 11.7 Å². The molecule has 1 amide bonds. The lowest BCUT2D eigenvalue weighted by molar-refractivity contribution is -0.133. The Labute approximate surface area is 143 Å². The number of carbonyl (C=O) groups excluding carboxylic acids is 1. The summed E-state index contributed by atoms with van der Waals surface area (Å²) in [5, 5.41) is 4.95. The number of amides is 1. The fraction of sp³-hybridized carbons (Fsp3) is 0.588. The van der Waals surface area contributed by atoms with Crippen molar-refractivity contribution in [3.05, 3.63) is 35.6 Å². The summed E-state index contributed by atoms with van der Waals surface area (Å²) in [6.45, 7) is 1.38. The molecule has 1 aromatic rings. The maximum absolute atomic E-state index is 13.7. The average Bonchev–Trinajstić information content (AvgIpc) is 2.53. The van der Waals surface area contributed by atoms with Crippen molar-refractivity contribution >= 4 is 15.9 Å². The number of benzene rings is 1. The van der Waals surface area contributed by atoms with Crippen molar-refractivity contribution in [1.29, 1.82) is 0 Å². The van der Waals surface area contributed by atoms with Gasteiger partial charge in [-0.05, 0) is 49.7 Å². The van der Waals surface area contributed by atoms with Gasteiger partial charge in [0.15, 0.2) is 0 Å². The highest BCUT2D eigenvalue weighted by atomic mass is 32.2. The topological polar surface area (TPSA) is 80.5 Å². The Bertz CT molecular complexity index is 664. The van der Waals surface area contributed by atoms with E-state index < -0.39 is 10.0 Å². The van der Waals surface area contributed by atoms with Crippen molar-refractivity contribution in [2.75, 3.05) is 18.8 Å². The molecule has 1 aliphatic heterocycles. The molecule has 0 aliphatic carbocycles. The predicted octanol–water partition coefficient (Wildman–Crippen LogP) is 2.07. The van der Waals surface area contributed by atoms with Gasteiger partial charge in [-0.3, -0.25) is 4.79 Å². The van der Waals surface area contributed by atoms with Crippen LogP contribution in [0.15, 0.2) is 24.3 Å². The molecular formula is C17H25FN2O3S. The standard InChI is InChI=1S/C17H25FN2O3S/c18-16-7-2-1-6-15(16)10-9-14-5-3-11-20(13-14)17(21)8-4-12-24(19,22)23/h1-2,6-7,14H,3-5,8-13H2,(H2,19,22,23)/t14-/m0/s1. The number of halogens is 1. The number of nitrogens with two attached hydrogens (primary N) is 1. The Balaban J connectivity index is 1.78. The molecular weight excluding hydrogens is 331 g/mol. The van der Waals surface area contributed by atoms with Gasteiger partial charge < -0.3 is 4.90 Å². The number of sulfonamides is 1. The van der Waals surface area contributed by atoms with Crippen LogP contribution in [0.3, 0.4) is 0 Å². The van der Waals surface area contributed by atoms with Gasteiger partial charge in [0.2, 0.25) is 15.9 Å². The zero-order chi connectivity index (χ0) is 17.6. The van der Waals surface area contributed by atoms with Crippen LogP contribution in [-0.4, -0.2) is 38.1 Å². The number of nitrogens with zero attached hydrogens (tertiary/aromatic N) is 1. The summed E-state index contributed by atoms with van der Waals surface area (Å²) in [5.41, 5.74) is 0.717. The lowest BCUT2D eigenvalue weighted by Gasteiger charge is -2.33. The van der Waals surface area contributed by atoms with Crippen molar-refractivity contribution in [2.24, 2.45) is 11.1 Å². The first-order valence-electron chi connectivity index (χ1n) is 8.37. The third-order valence-electron chi connectivity index (χ3n) is 4.47. The van der Waals surface area contributed by atoms with Crippen LogP contribution in [0.1, 0.15) is 37.7 Å². The summed E-state index contributed by atoms with van der Waals surface area (Å²) >= 11 is 0. The lowest BCUT2D eigenvalue weighted by Crippen LogP contribution is -2.40. The second-order valence-electron chi connectivity index (χ2n) is 6.45. The molecule has 0 spiro atoms. The van der Waals surface area contributed by atoms with Gasteiger partial charge >= 0.3 is 0 Å². The molecule has 0 aromatic heterocycles. The number of carbonyl (C=O) groups is 1. The third kappa shape index (κ3) is 6.20. The molecule has 1 saturated heterocycles. The zero-order valence-corrected chi connectivity index (χ0v) is 14.6. The highest BCUT2D eigenvalue weighted by molar-refractivity contribution is 7.89. The summed E-state index contributed by atoms with van der Waals surface area (Å²) in [4.78, 5) is 14.0. The minimum absolute atomic E-state index is 0.0192. The molecule has 7 heteroatoms. The number of rotatable bonds is 7. The predicted molar refractivity (Wildman–Crippen MR) is 91.2 cm³/mol. The van der Waals surface area contributed by atoms with Gasteiger partial charge in [0.05, 0.1) is 5.75 Å². The first-order valence-corrected chi connectivity index (χ1v) is 10.1. The van der Waals surface area contributed by atoms with E-state index >= 15 is 0 Å². The van der Waals surface area contributed by atoms with E-state index in [1.165, 1.54) is 6.07 Å². The largest absolute Gasteiger partial charge is 0.342 e. The number of primary sulfonamides is 1. The number of likely N-dealkylation sites (tertiary alicyclic amines) is 1. The van der Waals surface area contributed by atoms with Gasteiger partial charge in [-0.25, -0.2) is 17.9 Å². The first-order chi connectivity index (χ1) is 11.3. The van der Waals surface area contributed by atoms with E-state index in [0.29, 0.717) is 31.0 Å². The minimum atomic E-state index is -3.51. The Hall–Kier alpha value is -1.47. The van der Waals surface area contributed by atoms with Gasteiger partial charge in [-0.2, -0.15) is 0 Å². The monoisotopic (exact) mass is 356 g/mol. The zero-order valence-electron chi connectivity index (χ0n) is 13.8. The summed E-state index contributed by atoms with van der Waals surface area (Å²) in [6, 6.07) is 6.79. The van der Waals surface area contributed by atoms with Gasteiger partial charge in [0.1, 0.15) is 5.82 Å². The molecule has 5 nitrogen and oxygen atoms in total. The van der Waals surface area contributed by atoms with Crippen molar-refractivity contribution in [2.45, 2.75) is 38.5 Å². The molecule has 2 N–H and O–H groups in total. The van der Waals surface area contributed by atoms with Crippen LogP contribution < -0.4 is 5.14 Å². The van der Waals surface area contributed by atoms with E-state index in [1.54, 1.807) is 17.0 Å². The van der Waals surface area contributed by atoms with E-state index in [9.17, 15) is 17.6 Å². The van der Waals surface area contributed by atoms with Crippen molar-refractivity contribution in [3.63, 3.8) is 0 Å². The fourth-order valence-corrected chi connectivity index (χ4v) is 3.72. The Morgan fingerprint density at radius 3 is 2.79 bits per heavy atom. The Morgan fingerprint density at radius 1 is 1.33 bits per heavy atom. The van der Waals surface area contributed by atoms with Gasteiger partial charge in [0, 0.05) is 19.5 Å². The fourth-order valence-electron chi connectivity index (χ4n) is 3.17. The van der Waals surface area contributed by atoms with Gasteiger partial charge in [-0.15, -0.1) is 0 Å². The molecule has 2 rings (SSSR count). The van der Waals surface area contributed by atoms with E-state index in [2.05, 4.69) is 0 Å². The molecule has 134 valence electrons. The number of hydrogen-bond donors (Lipinski definition) is 1. The van der Waals surface area contributed by atoms with E-state index in [1.807, 2.05) is 6.07 Å². The van der Waals surface area contributed by atoms with Crippen LogP contribution in [-0.2, 0) is 21.2 Å². The molecule has 24 heavy (non-hydrogen) atoms. The molecule has 0 saturated carbocycles. The average molecular weight is 356 g/mol. The van der Waals surface area contributed by atoms with Crippen molar-refractivity contribution in [3.8, 4) is 0 Å². The van der Waals surface area contributed by atoms with Crippen LogP contribution >= 0.6 is 0 Å². The van der Waals surface area contributed by atoms with Crippen molar-refractivity contribution in [1.82, 2.24) is 4.90 Å². The molecule has 1 aliphatic rings. The number of hydrogen-bond acceptors (Lipinski definition) is 3. The highest BCUT2D eigenvalue weighted by Crippen LogP contribution is 2.23. The lowest BCUT2D eigenvalue weighted by atomic mass is 9.91. The van der Waals surface area contributed by atoms with Crippen LogP contribution in [0.2, 0.25) is 0 Å². The molecule has 0 bridgehead atoms. The van der Waals surface area contributed by atoms with Crippen LogP contribution in [0.4, 0.5) is 4.39 Å². The molecule has 1 atom stereocenters. The summed E-state index contributed by atoms with van der Waals surface area (Å²) in [5.74, 6) is 0.00236. The number of aryl methyl sites for hydroxylation is 1. The van der Waals surface area contributed by atoms with E-state index in [-0.39, 0.29) is 30.3 Å². The smallest absolute Gasteiger partial charge is 0.222 e. The Morgan fingerprint density at radius 2 is 2.08 bits per heavy atom. The molecule has 0 unspecified atom stereocenters. The maximum Gasteiger partial charge on any atom is 0.222 e. The van der Waals surface area contributed by atoms with E-state index in [0.717, 1.165) is 19.3 Å². The second-order valence-corrected chi connectivity index (χ2v) is 8.18. The first kappa shape index (κ1) is 18.9. The SMILES string of the molecule is NS(=O)(=O)CCCC(=O)N1CCC[C@@H](CCc2ccccc2F)C1. The normalized spacial score (nSPS) is 18.6. The van der Waals surface area contributed by atoms with Gasteiger partial charge in [-0.1, -0.05) is 18.2 Å². The summed E-state index contributed by atoms with van der Waals surface area (Å²) in [6.07, 6.45) is 3.95. The Kier molecular flexibility index (Phi) is 6.74. The quantitative estimate of drug-likeness (QED) is 0.812. The van der Waals surface area contributed by atoms with E-state index in [4.69, 9.17) is 5.14 Å². The van der Waals surface area contributed by atoms with Crippen LogP contribution in [0.5, 0.6) is 0 Å². The molecule has 1 heterocycles. The van der Waals surface area contributed by atoms with Crippen LogP contribution in [0.25, 0.3) is 0 Å². The molecule has 1 aromatic carbocycles. The third-order valence-corrected chi connectivity index (χ3v) is 5.33. The number of piperidine rings is 1. The summed E-state index contributed by atoms with van der Waals surface area (Å²) < 4.78 is 35.5. The second kappa shape index (κ2) is 8.58. The molecule has 0 radical (unpaired) electrons. The highest BCUT2D eigenvalue weighted by Gasteiger charge is 2.23. The van der Waals surface area contributed by atoms with Gasteiger partial charge in [0.25, 0.3) is 0 Å². The molecule has 1 fully saturated rings.